The number of aromatic nitrogens is 2. The Balaban J connectivity index is 2.06. The molecule has 0 saturated heterocycles. The highest BCUT2D eigenvalue weighted by Crippen LogP contribution is 2.25. The molecule has 4 nitrogen and oxygen atoms in total. The van der Waals surface area contributed by atoms with E-state index in [2.05, 4.69) is 20.3 Å². The highest BCUT2D eigenvalue weighted by atomic mass is 32.1. The van der Waals surface area contributed by atoms with E-state index in [1.807, 2.05) is 0 Å². The molecule has 2 N–H and O–H groups in total. The van der Waals surface area contributed by atoms with E-state index in [-0.39, 0.29) is 5.75 Å². The molecule has 0 radical (unpaired) electrons. The average molecular weight is 293 g/mol. The second-order valence-electron chi connectivity index (χ2n) is 3.12. The van der Waals surface area contributed by atoms with Gasteiger partial charge in [-0.3, -0.25) is 5.10 Å². The van der Waals surface area contributed by atoms with Gasteiger partial charge in [-0.25, -0.2) is 0 Å². The molecule has 1 aromatic carbocycles. The van der Waals surface area contributed by atoms with Gasteiger partial charge in [0.1, 0.15) is 5.75 Å². The van der Waals surface area contributed by atoms with Gasteiger partial charge in [-0.2, -0.15) is 0 Å². The Morgan fingerprint density at radius 1 is 1.28 bits per heavy atom. The first-order valence-corrected chi connectivity index (χ1v) is 5.83. The highest BCUT2D eigenvalue weighted by Gasteiger charge is 2.30. The van der Waals surface area contributed by atoms with Crippen LogP contribution in [0.5, 0.6) is 5.75 Å². The van der Waals surface area contributed by atoms with Gasteiger partial charge in [0.25, 0.3) is 0 Å². The number of H-pyrrole nitrogens is 1. The smallest absolute Gasteiger partial charge is 0.406 e. The molecule has 0 fully saturated rings. The van der Waals surface area contributed by atoms with Gasteiger partial charge in [-0.1, -0.05) is 11.3 Å². The van der Waals surface area contributed by atoms with Crippen molar-refractivity contribution in [1.82, 2.24) is 10.2 Å². The molecule has 0 spiro atoms. The van der Waals surface area contributed by atoms with Crippen LogP contribution >= 0.6 is 23.6 Å². The molecule has 0 bridgehead atoms. The van der Waals surface area contributed by atoms with Crippen LogP contribution < -0.4 is 10.1 Å². The maximum Gasteiger partial charge on any atom is 0.573 e. The second-order valence-corrected chi connectivity index (χ2v) is 4.78. The standard InChI is InChI=1S/C9H6F3N3OS2/c10-9(11,12)16-6-3-1-5(2-4-6)13-7-14-15-8(17)18-7/h1-4H,(H,13,14)(H,15,17). The van der Waals surface area contributed by atoms with Crippen molar-refractivity contribution in [3.05, 3.63) is 28.2 Å². The van der Waals surface area contributed by atoms with Crippen molar-refractivity contribution in [2.75, 3.05) is 5.32 Å². The van der Waals surface area contributed by atoms with E-state index in [9.17, 15) is 13.2 Å². The second kappa shape index (κ2) is 4.94. The number of halogens is 3. The van der Waals surface area contributed by atoms with Crippen molar-refractivity contribution in [1.29, 1.82) is 0 Å². The van der Waals surface area contributed by atoms with Crippen LogP contribution in [0.4, 0.5) is 24.0 Å². The minimum absolute atomic E-state index is 0.275. The Morgan fingerprint density at radius 2 is 1.94 bits per heavy atom. The summed E-state index contributed by atoms with van der Waals surface area (Å²) < 4.78 is 40.0. The fraction of sp³-hybridized carbons (Fsp3) is 0.111. The number of rotatable bonds is 3. The molecule has 0 aliphatic heterocycles. The summed E-state index contributed by atoms with van der Waals surface area (Å²) >= 11 is 6.07. The van der Waals surface area contributed by atoms with E-state index in [4.69, 9.17) is 12.2 Å². The van der Waals surface area contributed by atoms with Crippen molar-refractivity contribution < 1.29 is 17.9 Å². The van der Waals surface area contributed by atoms with Crippen LogP contribution in [-0.2, 0) is 0 Å². The molecule has 9 heteroatoms. The third-order valence-electron chi connectivity index (χ3n) is 1.78. The Morgan fingerprint density at radius 3 is 2.44 bits per heavy atom. The average Bonchev–Trinajstić information content (AvgIpc) is 2.65. The number of ether oxygens (including phenoxy) is 1. The molecule has 0 saturated carbocycles. The number of aromatic amines is 1. The first-order chi connectivity index (χ1) is 8.42. The van der Waals surface area contributed by atoms with Gasteiger partial charge in [0.05, 0.1) is 0 Å². The predicted octanol–water partition coefficient (Wildman–Crippen LogP) is 3.84. The van der Waals surface area contributed by atoms with E-state index < -0.39 is 6.36 Å². The number of hydrogen-bond donors (Lipinski definition) is 2. The van der Waals surface area contributed by atoms with Gasteiger partial charge in [-0.15, -0.1) is 18.3 Å². The molecule has 0 atom stereocenters. The number of nitrogens with one attached hydrogen (secondary N) is 2. The lowest BCUT2D eigenvalue weighted by molar-refractivity contribution is -0.274. The maximum atomic E-state index is 11.9. The minimum Gasteiger partial charge on any atom is -0.406 e. The van der Waals surface area contributed by atoms with E-state index in [0.29, 0.717) is 14.8 Å². The van der Waals surface area contributed by atoms with Gasteiger partial charge in [0.2, 0.25) is 5.13 Å². The summed E-state index contributed by atoms with van der Waals surface area (Å²) in [6.45, 7) is 0. The lowest BCUT2D eigenvalue weighted by Crippen LogP contribution is -2.16. The molecule has 2 rings (SSSR count). The Labute approximate surface area is 108 Å². The van der Waals surface area contributed by atoms with Crippen LogP contribution in [-0.4, -0.2) is 16.6 Å². The number of anilines is 2. The van der Waals surface area contributed by atoms with Gasteiger partial charge in [0.15, 0.2) is 3.95 Å². The van der Waals surface area contributed by atoms with Crippen LogP contribution in [0.2, 0.25) is 0 Å². The normalized spacial score (nSPS) is 11.3. The predicted molar refractivity (Wildman–Crippen MR) is 63.7 cm³/mol. The summed E-state index contributed by atoms with van der Waals surface area (Å²) in [7, 11) is 0. The highest BCUT2D eigenvalue weighted by molar-refractivity contribution is 7.73. The lowest BCUT2D eigenvalue weighted by Gasteiger charge is -2.09. The van der Waals surface area contributed by atoms with Gasteiger partial charge >= 0.3 is 6.36 Å². The summed E-state index contributed by atoms with van der Waals surface area (Å²) in [5.74, 6) is -0.275. The molecular formula is C9H6F3N3OS2. The van der Waals surface area contributed by atoms with Gasteiger partial charge < -0.3 is 10.1 Å². The lowest BCUT2D eigenvalue weighted by atomic mass is 10.3. The summed E-state index contributed by atoms with van der Waals surface area (Å²) in [6.07, 6.45) is -4.68. The van der Waals surface area contributed by atoms with E-state index in [1.54, 1.807) is 0 Å². The Bertz CT molecular complexity index is 576. The molecule has 0 unspecified atom stereocenters. The molecule has 18 heavy (non-hydrogen) atoms. The summed E-state index contributed by atoms with van der Waals surface area (Å²) in [5, 5.41) is 9.86. The summed E-state index contributed by atoms with van der Waals surface area (Å²) in [5.41, 5.74) is 0.585. The number of nitrogens with zero attached hydrogens (tertiary/aromatic N) is 1. The Kier molecular flexibility index (Phi) is 3.53. The third kappa shape index (κ3) is 3.70. The fourth-order valence-corrected chi connectivity index (χ4v) is 1.96. The zero-order valence-electron chi connectivity index (χ0n) is 8.62. The third-order valence-corrected chi connectivity index (χ3v) is 2.78. The molecular weight excluding hydrogens is 287 g/mol. The Hall–Kier alpha value is -1.61. The number of hydrogen-bond acceptors (Lipinski definition) is 5. The zero-order valence-corrected chi connectivity index (χ0v) is 10.2. The molecule has 1 aromatic heterocycles. The van der Waals surface area contributed by atoms with Gasteiger partial charge in [-0.05, 0) is 36.5 Å². The first kappa shape index (κ1) is 12.8. The van der Waals surface area contributed by atoms with Crippen molar-refractivity contribution in [2.24, 2.45) is 0 Å². The van der Waals surface area contributed by atoms with Crippen LogP contribution in [0.15, 0.2) is 24.3 Å². The summed E-state index contributed by atoms with van der Waals surface area (Å²) in [4.78, 5) is 0. The zero-order chi connectivity index (χ0) is 13.2. The molecule has 96 valence electrons. The monoisotopic (exact) mass is 293 g/mol. The number of alkyl halides is 3. The SMILES string of the molecule is FC(F)(F)Oc1ccc(Nc2n[nH]c(=S)s2)cc1. The van der Waals surface area contributed by atoms with E-state index in [1.165, 1.54) is 35.6 Å². The van der Waals surface area contributed by atoms with Crippen molar-refractivity contribution in [3.63, 3.8) is 0 Å². The number of benzene rings is 1. The topological polar surface area (TPSA) is 49.9 Å². The van der Waals surface area contributed by atoms with Crippen molar-refractivity contribution in [2.45, 2.75) is 6.36 Å². The van der Waals surface area contributed by atoms with Crippen molar-refractivity contribution in [3.8, 4) is 5.75 Å². The van der Waals surface area contributed by atoms with Crippen LogP contribution in [0.1, 0.15) is 0 Å². The van der Waals surface area contributed by atoms with Crippen LogP contribution in [0.3, 0.4) is 0 Å². The van der Waals surface area contributed by atoms with E-state index in [0.717, 1.165) is 0 Å². The minimum atomic E-state index is -4.68. The fourth-order valence-electron chi connectivity index (χ4n) is 1.15. The van der Waals surface area contributed by atoms with Gasteiger partial charge in [0, 0.05) is 5.69 Å². The molecule has 0 amide bonds. The quantitative estimate of drug-likeness (QED) is 0.844. The summed E-state index contributed by atoms with van der Waals surface area (Å²) in [6, 6.07) is 5.32. The molecule has 1 heterocycles. The van der Waals surface area contributed by atoms with E-state index >= 15 is 0 Å². The van der Waals surface area contributed by atoms with Crippen LogP contribution in [0, 0.1) is 3.95 Å². The molecule has 0 aliphatic carbocycles. The first-order valence-electron chi connectivity index (χ1n) is 4.61. The molecule has 2 aromatic rings. The largest absolute Gasteiger partial charge is 0.573 e. The molecule has 0 aliphatic rings. The van der Waals surface area contributed by atoms with Crippen LogP contribution in [0.25, 0.3) is 0 Å². The maximum absolute atomic E-state index is 11.9. The van der Waals surface area contributed by atoms with Crippen molar-refractivity contribution >= 4 is 34.4 Å².